The zero-order chi connectivity index (χ0) is 23.6. The van der Waals surface area contributed by atoms with Crippen LogP contribution in [0.1, 0.15) is 47.8 Å². The number of carbonyl (C=O) groups is 2. The molecule has 0 bridgehead atoms. The SMILES string of the molecule is COc1c(OC)c(C(C)=O)c2c(c1OC)-c1ccc(OC)c(=O)cc1[C@@H](NC(C)=O)CC2. The molecular formula is C24H27NO7. The van der Waals surface area contributed by atoms with Crippen LogP contribution >= 0.6 is 0 Å². The van der Waals surface area contributed by atoms with Crippen LogP contribution < -0.4 is 29.7 Å². The van der Waals surface area contributed by atoms with Gasteiger partial charge in [-0.2, -0.15) is 0 Å². The minimum Gasteiger partial charge on any atom is -0.493 e. The molecule has 8 heteroatoms. The first-order valence-corrected chi connectivity index (χ1v) is 10.1. The van der Waals surface area contributed by atoms with Crippen LogP contribution in [0, 0.1) is 0 Å². The molecule has 0 saturated carbocycles. The molecule has 2 aromatic carbocycles. The number of benzene rings is 1. The van der Waals surface area contributed by atoms with Gasteiger partial charge < -0.3 is 24.3 Å². The smallest absolute Gasteiger partial charge is 0.220 e. The molecule has 8 nitrogen and oxygen atoms in total. The Balaban J connectivity index is 2.55. The van der Waals surface area contributed by atoms with Crippen LogP contribution in [0.4, 0.5) is 0 Å². The zero-order valence-electron chi connectivity index (χ0n) is 19.1. The molecule has 3 rings (SSSR count). The lowest BCUT2D eigenvalue weighted by molar-refractivity contribution is -0.119. The Bertz CT molecular complexity index is 1140. The van der Waals surface area contributed by atoms with Crippen molar-refractivity contribution in [1.82, 2.24) is 5.32 Å². The molecule has 1 aliphatic rings. The summed E-state index contributed by atoms with van der Waals surface area (Å²) in [5.74, 6) is 0.688. The minimum atomic E-state index is -0.457. The molecule has 1 N–H and O–H groups in total. The van der Waals surface area contributed by atoms with Gasteiger partial charge in [0.1, 0.15) is 0 Å². The number of amides is 1. The lowest BCUT2D eigenvalue weighted by atomic mass is 9.90. The maximum Gasteiger partial charge on any atom is 0.220 e. The summed E-state index contributed by atoms with van der Waals surface area (Å²) >= 11 is 0. The van der Waals surface area contributed by atoms with Gasteiger partial charge in [0.15, 0.2) is 23.0 Å². The summed E-state index contributed by atoms with van der Waals surface area (Å²) in [6, 6.07) is 4.33. The third-order valence-corrected chi connectivity index (χ3v) is 5.60. The number of hydrogen-bond donors (Lipinski definition) is 1. The fraction of sp³-hybridized carbons (Fsp3) is 0.375. The van der Waals surface area contributed by atoms with Crippen molar-refractivity contribution in [3.63, 3.8) is 0 Å². The molecule has 0 fully saturated rings. The fourth-order valence-corrected chi connectivity index (χ4v) is 4.36. The zero-order valence-corrected chi connectivity index (χ0v) is 19.1. The quantitative estimate of drug-likeness (QED) is 0.688. The molecule has 0 unspecified atom stereocenters. The number of methoxy groups -OCH3 is 4. The summed E-state index contributed by atoms with van der Waals surface area (Å²) in [6.07, 6.45) is 0.903. The third-order valence-electron chi connectivity index (χ3n) is 5.60. The standard InChI is InChI=1S/C24H27NO7/c1-12(26)20-15-7-9-17(25-13(2)27)16-11-18(28)19(29-3)10-8-14(16)21(15)23(31-5)24(32-6)22(20)30-4/h8,10-11,17H,7,9H2,1-6H3,(H,25,27)/t17-/m0/s1. The number of carbonyl (C=O) groups excluding carboxylic acids is 2. The van der Waals surface area contributed by atoms with Gasteiger partial charge in [0.2, 0.25) is 17.1 Å². The second kappa shape index (κ2) is 9.30. The van der Waals surface area contributed by atoms with Gasteiger partial charge in [0.25, 0.3) is 0 Å². The molecule has 0 heterocycles. The lowest BCUT2D eigenvalue weighted by Gasteiger charge is -2.22. The summed E-state index contributed by atoms with van der Waals surface area (Å²) in [5.41, 5.74) is 2.63. The predicted molar refractivity (Wildman–Crippen MR) is 119 cm³/mol. The monoisotopic (exact) mass is 441 g/mol. The molecule has 0 radical (unpaired) electrons. The van der Waals surface area contributed by atoms with Crippen molar-refractivity contribution in [3.05, 3.63) is 45.1 Å². The molecular weight excluding hydrogens is 414 g/mol. The first-order valence-electron chi connectivity index (χ1n) is 10.1. The summed E-state index contributed by atoms with van der Waals surface area (Å²) in [7, 11) is 5.86. The van der Waals surface area contributed by atoms with Gasteiger partial charge in [0, 0.05) is 12.5 Å². The van der Waals surface area contributed by atoms with Crippen molar-refractivity contribution in [2.45, 2.75) is 32.7 Å². The minimum absolute atomic E-state index is 0.160. The van der Waals surface area contributed by atoms with Gasteiger partial charge in [-0.05, 0) is 48.6 Å². The largest absolute Gasteiger partial charge is 0.493 e. The van der Waals surface area contributed by atoms with Crippen molar-refractivity contribution in [2.75, 3.05) is 28.4 Å². The molecule has 0 saturated heterocycles. The van der Waals surface area contributed by atoms with Crippen molar-refractivity contribution in [3.8, 4) is 34.1 Å². The van der Waals surface area contributed by atoms with Crippen LogP contribution in [0.15, 0.2) is 23.0 Å². The number of rotatable bonds is 6. The van der Waals surface area contributed by atoms with E-state index in [4.69, 9.17) is 18.9 Å². The lowest BCUT2D eigenvalue weighted by Crippen LogP contribution is -2.26. The fourth-order valence-electron chi connectivity index (χ4n) is 4.36. The first-order chi connectivity index (χ1) is 15.3. The van der Waals surface area contributed by atoms with Crippen molar-refractivity contribution in [1.29, 1.82) is 0 Å². The molecule has 1 aliphatic carbocycles. The maximum atomic E-state index is 12.8. The highest BCUT2D eigenvalue weighted by molar-refractivity contribution is 6.03. The number of hydrogen-bond acceptors (Lipinski definition) is 7. The Morgan fingerprint density at radius 1 is 0.938 bits per heavy atom. The van der Waals surface area contributed by atoms with Gasteiger partial charge in [-0.25, -0.2) is 0 Å². The van der Waals surface area contributed by atoms with Crippen LogP contribution in [0.2, 0.25) is 0 Å². The normalized spacial score (nSPS) is 14.4. The second-order valence-electron chi connectivity index (χ2n) is 7.46. The molecule has 0 aliphatic heterocycles. The van der Waals surface area contributed by atoms with Crippen LogP contribution in [0.5, 0.6) is 23.0 Å². The number of nitrogens with one attached hydrogen (secondary N) is 1. The van der Waals surface area contributed by atoms with Gasteiger partial charge in [-0.1, -0.05) is 6.07 Å². The topological polar surface area (TPSA) is 100 Å². The number of ketones is 1. The molecule has 170 valence electrons. The van der Waals surface area contributed by atoms with E-state index in [1.807, 2.05) is 0 Å². The van der Waals surface area contributed by atoms with Gasteiger partial charge in [-0.3, -0.25) is 14.4 Å². The molecule has 1 amide bonds. The Morgan fingerprint density at radius 2 is 1.59 bits per heavy atom. The summed E-state index contributed by atoms with van der Waals surface area (Å²) < 4.78 is 22.1. The molecule has 1 atom stereocenters. The van der Waals surface area contributed by atoms with Gasteiger partial charge in [0.05, 0.1) is 40.0 Å². The highest BCUT2D eigenvalue weighted by atomic mass is 16.5. The highest BCUT2D eigenvalue weighted by Crippen LogP contribution is 2.52. The van der Waals surface area contributed by atoms with Gasteiger partial charge >= 0.3 is 0 Å². The Morgan fingerprint density at radius 3 is 2.12 bits per heavy atom. The predicted octanol–water partition coefficient (Wildman–Crippen LogP) is 3.07. The van der Waals surface area contributed by atoms with Crippen LogP contribution in [0.25, 0.3) is 11.1 Å². The number of ether oxygens (including phenoxy) is 4. The average molecular weight is 441 g/mol. The first kappa shape index (κ1) is 23.1. The second-order valence-corrected chi connectivity index (χ2v) is 7.46. The van der Waals surface area contributed by atoms with Crippen LogP contribution in [-0.4, -0.2) is 40.1 Å². The average Bonchev–Trinajstić information content (AvgIpc) is 3.00. The van der Waals surface area contributed by atoms with E-state index in [-0.39, 0.29) is 34.4 Å². The van der Waals surface area contributed by atoms with E-state index in [0.717, 1.165) is 0 Å². The maximum absolute atomic E-state index is 12.8. The third kappa shape index (κ3) is 3.88. The molecule has 0 aromatic heterocycles. The van der Waals surface area contributed by atoms with Crippen molar-refractivity contribution in [2.24, 2.45) is 0 Å². The Labute approximate surface area is 186 Å². The van der Waals surface area contributed by atoms with Crippen molar-refractivity contribution < 1.29 is 28.5 Å². The van der Waals surface area contributed by atoms with Crippen molar-refractivity contribution >= 4 is 11.7 Å². The molecule has 0 spiro atoms. The van der Waals surface area contributed by atoms with E-state index >= 15 is 0 Å². The van der Waals surface area contributed by atoms with E-state index in [1.165, 1.54) is 48.4 Å². The van der Waals surface area contributed by atoms with Crippen LogP contribution in [0.3, 0.4) is 0 Å². The van der Waals surface area contributed by atoms with E-state index in [9.17, 15) is 14.4 Å². The molecule has 32 heavy (non-hydrogen) atoms. The number of Topliss-reactive ketones (excluding diaryl/α,β-unsaturated/α-hetero) is 1. The summed E-state index contributed by atoms with van der Waals surface area (Å²) in [6.45, 7) is 2.89. The summed E-state index contributed by atoms with van der Waals surface area (Å²) in [5, 5.41) is 2.93. The van der Waals surface area contributed by atoms with E-state index < -0.39 is 6.04 Å². The van der Waals surface area contributed by atoms with E-state index in [2.05, 4.69) is 5.32 Å². The summed E-state index contributed by atoms with van der Waals surface area (Å²) in [4.78, 5) is 37.5. The highest BCUT2D eigenvalue weighted by Gasteiger charge is 2.33. The Hall–Kier alpha value is -3.55. The van der Waals surface area contributed by atoms with Gasteiger partial charge in [-0.15, -0.1) is 0 Å². The van der Waals surface area contributed by atoms with E-state index in [0.29, 0.717) is 46.4 Å². The Kier molecular flexibility index (Phi) is 6.72. The van der Waals surface area contributed by atoms with E-state index in [1.54, 1.807) is 12.1 Å². The number of fused-ring (bicyclic) bond motifs is 3. The molecule has 2 aromatic rings. The van der Waals surface area contributed by atoms with Crippen LogP contribution in [-0.2, 0) is 11.2 Å².